The van der Waals surface area contributed by atoms with Crippen LogP contribution in [-0.2, 0) is 100 Å². The van der Waals surface area contributed by atoms with E-state index in [2.05, 4.69) is 37.9 Å². The largest absolute Gasteiger partial charge is 0.481 e. The maximum absolute atomic E-state index is 10.2. The molecule has 0 spiro atoms. The number of ketones is 1. The Labute approximate surface area is 633 Å². The first kappa shape index (κ1) is 259. The second-order valence-electron chi connectivity index (χ2n) is 7.50. The van der Waals surface area contributed by atoms with Crippen LogP contribution in [-0.4, -0.2) is 165 Å². The summed E-state index contributed by atoms with van der Waals surface area (Å²) in [6.07, 6.45) is 1.60. The second kappa shape index (κ2) is 547. The van der Waals surface area contributed by atoms with Crippen molar-refractivity contribution >= 4 is 79.9 Å². The van der Waals surface area contributed by atoms with E-state index in [9.17, 15) is 43.2 Å². The molecule has 0 aliphatic rings. The smallest absolute Gasteiger partial charge is 0.344 e. The Morgan fingerprint density at radius 3 is 0.350 bits per heavy atom. The van der Waals surface area contributed by atoms with E-state index in [1.807, 2.05) is 249 Å². The highest BCUT2D eigenvalue weighted by molar-refractivity contribution is 5.76. The molecule has 100 heavy (non-hydrogen) atoms. The van der Waals surface area contributed by atoms with Crippen LogP contribution in [0.1, 0.15) is 370 Å². The third kappa shape index (κ3) is 1230. The lowest BCUT2D eigenvalue weighted by molar-refractivity contribution is -0.155. The lowest BCUT2D eigenvalue weighted by Gasteiger charge is -1.97. The Morgan fingerprint density at radius 1 is 0.240 bits per heavy atom. The van der Waals surface area contributed by atoms with E-state index >= 15 is 0 Å². The average Bonchev–Trinajstić information content (AvgIpc) is 3.65. The molecule has 0 rings (SSSR count). The maximum Gasteiger partial charge on any atom is 0.344 e. The average molecular weight is 1500 g/mol. The predicted molar refractivity (Wildman–Crippen MR) is 451 cm³/mol. The number of carbonyl (C=O) groups is 13. The molecule has 0 bridgehead atoms. The number of hydrogen-bond donors (Lipinski definition) is 3. The molecule has 3 N–H and O–H groups in total. The van der Waals surface area contributed by atoms with Gasteiger partial charge in [0.25, 0.3) is 5.97 Å². The Kier molecular flexibility index (Phi) is 1420. The minimum Gasteiger partial charge on any atom is -0.481 e. The second-order valence-corrected chi connectivity index (χ2v) is 7.50. The Bertz CT molecular complexity index is 897. The number of aliphatic hydroxyl groups is 2. The van der Waals surface area contributed by atoms with Crippen LogP contribution in [0.2, 0.25) is 0 Å². The number of rotatable bonds is 9. The summed E-state index contributed by atoms with van der Waals surface area (Å²) < 4.78 is 33.9. The van der Waals surface area contributed by atoms with Crippen molar-refractivity contribution in [3.63, 3.8) is 0 Å². The Hall–Kier alpha value is -6.17. The molecule has 0 saturated heterocycles. The van der Waals surface area contributed by atoms with E-state index in [-0.39, 0.29) is 112 Å². The zero-order valence-corrected chi connectivity index (χ0v) is 68.3. The summed E-state index contributed by atoms with van der Waals surface area (Å²) in [6.45, 7) is 80.8. The first-order chi connectivity index (χ1) is 43.1. The lowest BCUT2D eigenvalue weighted by atomic mass is 10.4. The fraction of sp³-hybridized carbons (Fsp3) is 0.829. The van der Waals surface area contributed by atoms with Crippen LogP contribution in [0.3, 0.4) is 0 Å². The summed E-state index contributed by atoms with van der Waals surface area (Å²) in [6, 6.07) is 0. The van der Waals surface area contributed by atoms with Crippen molar-refractivity contribution in [3.05, 3.63) is 0 Å². The highest BCUT2D eigenvalue weighted by atomic mass is 16.6. The van der Waals surface area contributed by atoms with Crippen LogP contribution in [0.5, 0.6) is 0 Å². The van der Waals surface area contributed by atoms with Crippen molar-refractivity contribution in [2.24, 2.45) is 0 Å². The van der Waals surface area contributed by atoms with E-state index in [4.69, 9.17) is 34.5 Å². The van der Waals surface area contributed by atoms with Gasteiger partial charge in [0, 0.05) is 61.2 Å². The first-order valence-corrected chi connectivity index (χ1v) is 31.3. The van der Waals surface area contributed by atoms with E-state index in [1.165, 1.54) is 56.3 Å². The van der Waals surface area contributed by atoms with Crippen LogP contribution < -0.4 is 0 Å². The third-order valence-corrected chi connectivity index (χ3v) is 3.39. The van der Waals surface area contributed by atoms with Gasteiger partial charge in [-0.2, -0.15) is 0 Å². The highest BCUT2D eigenvalue weighted by Gasteiger charge is 2.02. The van der Waals surface area contributed by atoms with Crippen LogP contribution in [0.15, 0.2) is 0 Å². The number of aliphatic carboxylic acids is 1. The molecule has 0 amide bonds. The van der Waals surface area contributed by atoms with Crippen LogP contribution in [0.4, 0.5) is 0 Å². The standard InChI is InChI=1S/3C5H8O4.2C4H8O2.C4H8O.C2H4O2.16C2H6.2CH4O.3CH2O.10CH4/c3*1-4(6)9-3-5(7)8-2;2*1-3-4(5)6-2;1-3-4(2)5;1-2(3)4;21*1-2;;;;;;;;;;/h3*3H2,1-2H3;2*3H2,1-2H3;3H2,1-2H3;1H3,(H,3,4);16*1-2H3;2*2H,1H3;3*1H2;10*1H4. The van der Waals surface area contributed by atoms with Crippen LogP contribution in [0, 0.1) is 0 Å². The van der Waals surface area contributed by atoms with Gasteiger partial charge < -0.3 is 72.4 Å². The lowest BCUT2D eigenvalue weighted by Crippen LogP contribution is -2.12. The first-order valence-electron chi connectivity index (χ1n) is 31.3. The fourth-order valence-electron chi connectivity index (χ4n) is 0.947. The number of ether oxygens (including phenoxy) is 8. The summed E-state index contributed by atoms with van der Waals surface area (Å²) in [4.78, 5) is 123. The minimum absolute atomic E-state index is 0. The van der Waals surface area contributed by atoms with Gasteiger partial charge in [-0.25, -0.2) is 14.4 Å². The Balaban J connectivity index is -0.0000000113. The molecule has 0 aliphatic heterocycles. The Morgan fingerprint density at radius 2 is 0.320 bits per heavy atom. The zero-order valence-electron chi connectivity index (χ0n) is 68.3. The third-order valence-electron chi connectivity index (χ3n) is 3.39. The number of esters is 8. The van der Waals surface area contributed by atoms with Gasteiger partial charge in [0.2, 0.25) is 0 Å². The molecule has 0 atom stereocenters. The summed E-state index contributed by atoms with van der Waals surface area (Å²) in [7, 11) is 8.45. The monoisotopic (exact) mass is 1500 g/mol. The molecular weight excluding hydrogens is 1300 g/mol. The zero-order chi connectivity index (χ0) is 81.7. The number of carboxylic acids is 1. The SMILES string of the molecule is C.C.C.C.C.C.C.C.C.C.C=O.C=O.C=O.CC.CC.CC.CC.CC.CC.CC.CC.CC.CC.CC.CC.CC.CC.CC.CC.CC(=O)O.CCC(=O)OC.CCC(=O)OC.CCC(C)=O.CO.CO.COC(=O)COC(C)=O.COC(=O)COC(C)=O.COC(=O)COC(C)=O. The van der Waals surface area contributed by atoms with Gasteiger partial charge in [-0.15, -0.1) is 0 Å². The summed E-state index contributed by atoms with van der Waals surface area (Å²) >= 11 is 0. The van der Waals surface area contributed by atoms with E-state index < -0.39 is 41.8 Å². The summed E-state index contributed by atoms with van der Waals surface area (Å²) in [5.41, 5.74) is 0. The van der Waals surface area contributed by atoms with Gasteiger partial charge in [-0.3, -0.25) is 28.8 Å². The highest BCUT2D eigenvalue weighted by Crippen LogP contribution is 1.80. The molecule has 0 heterocycles. The van der Waals surface area contributed by atoms with Crippen LogP contribution >= 0.6 is 0 Å². The van der Waals surface area contributed by atoms with Gasteiger partial charge in [0.05, 0.1) is 35.5 Å². The molecule has 0 unspecified atom stereocenters. The van der Waals surface area contributed by atoms with Crippen molar-refractivity contribution in [1.82, 2.24) is 0 Å². The molecule has 0 aromatic heterocycles. The fourth-order valence-corrected chi connectivity index (χ4v) is 0.947. The maximum atomic E-state index is 10.2. The molecular formula is C76H202O24. The van der Waals surface area contributed by atoms with Crippen molar-refractivity contribution in [3.8, 4) is 0 Å². The quantitative estimate of drug-likeness (QED) is 0.143. The number of carbonyl (C=O) groups excluding carboxylic acids is 12. The molecule has 24 nitrogen and oxygen atoms in total. The van der Waals surface area contributed by atoms with Gasteiger partial charge in [-0.1, -0.05) is 317 Å². The van der Waals surface area contributed by atoms with E-state index in [1.54, 1.807) is 20.8 Å². The summed E-state index contributed by atoms with van der Waals surface area (Å²) in [5.74, 6) is -4.00. The van der Waals surface area contributed by atoms with Gasteiger partial charge in [0.1, 0.15) is 26.2 Å². The minimum atomic E-state index is -0.833. The van der Waals surface area contributed by atoms with Crippen molar-refractivity contribution < 1.29 is 116 Å². The van der Waals surface area contributed by atoms with Crippen LogP contribution in [0.25, 0.3) is 0 Å². The van der Waals surface area contributed by atoms with E-state index in [0.29, 0.717) is 19.3 Å². The molecule has 0 aromatic carbocycles. The molecule has 0 aromatic rings. The number of methoxy groups -OCH3 is 5. The number of carboxylic acid groups (broad SMARTS) is 1. The predicted octanol–water partition coefficient (Wildman–Crippen LogP) is 22.8. The normalized spacial score (nSPS) is 4.97. The van der Waals surface area contributed by atoms with Crippen molar-refractivity contribution in [1.29, 1.82) is 0 Å². The number of Topliss-reactive ketones (excluding diaryl/α,β-unsaturated/α-hetero) is 1. The van der Waals surface area contributed by atoms with Crippen molar-refractivity contribution in [2.75, 3.05) is 69.6 Å². The van der Waals surface area contributed by atoms with E-state index in [0.717, 1.165) is 21.1 Å². The molecule has 650 valence electrons. The molecule has 0 radical (unpaired) electrons. The summed E-state index contributed by atoms with van der Waals surface area (Å²) in [5, 5.41) is 21.4. The molecule has 0 fully saturated rings. The van der Waals surface area contributed by atoms with Gasteiger partial charge in [-0.05, 0) is 6.92 Å². The molecule has 0 aliphatic carbocycles. The van der Waals surface area contributed by atoms with Crippen molar-refractivity contribution in [2.45, 2.75) is 370 Å². The number of aliphatic hydroxyl groups excluding tert-OH is 2. The van der Waals surface area contributed by atoms with Gasteiger partial charge in [0.15, 0.2) is 19.8 Å². The number of hydrogen-bond acceptors (Lipinski definition) is 23. The topological polar surface area (TPSA) is 356 Å². The van der Waals surface area contributed by atoms with Gasteiger partial charge >= 0.3 is 47.8 Å². The molecule has 24 heteroatoms. The molecule has 0 saturated carbocycles.